The Bertz CT molecular complexity index is 370. The van der Waals surface area contributed by atoms with E-state index in [2.05, 4.69) is 12.6 Å². The average Bonchev–Trinajstić information content (AvgIpc) is 2.75. The van der Waals surface area contributed by atoms with Crippen LogP contribution in [0.3, 0.4) is 0 Å². The molecule has 7 heteroatoms. The molecule has 0 aromatic heterocycles. The van der Waals surface area contributed by atoms with Crippen LogP contribution < -0.4 is 5.73 Å². The summed E-state index contributed by atoms with van der Waals surface area (Å²) in [7, 11) is 0. The van der Waals surface area contributed by atoms with Crippen molar-refractivity contribution in [1.29, 1.82) is 0 Å². The van der Waals surface area contributed by atoms with Gasteiger partial charge in [0.05, 0.1) is 31.0 Å². The van der Waals surface area contributed by atoms with Gasteiger partial charge in [-0.3, -0.25) is 15.3 Å². The normalized spacial score (nSPS) is 22.2. The first kappa shape index (κ1) is 17.3. The van der Waals surface area contributed by atoms with E-state index in [0.717, 1.165) is 0 Å². The van der Waals surface area contributed by atoms with Gasteiger partial charge in [0.15, 0.2) is 5.72 Å². The highest BCUT2D eigenvalue weighted by Crippen LogP contribution is 2.29. The summed E-state index contributed by atoms with van der Waals surface area (Å²) >= 11 is 3.82. The van der Waals surface area contributed by atoms with E-state index >= 15 is 0 Å². The lowest BCUT2D eigenvalue weighted by molar-refractivity contribution is -0.157. The van der Waals surface area contributed by atoms with Gasteiger partial charge >= 0.3 is 11.9 Å². The number of thiol groups is 1. The minimum Gasteiger partial charge on any atom is -0.465 e. The molecule has 1 aliphatic rings. The van der Waals surface area contributed by atoms with Crippen molar-refractivity contribution in [2.75, 3.05) is 19.0 Å². The Hall–Kier alpha value is -0.790. The van der Waals surface area contributed by atoms with Crippen molar-refractivity contribution in [3.8, 4) is 0 Å². The highest BCUT2D eigenvalue weighted by atomic mass is 32.1. The fourth-order valence-corrected chi connectivity index (χ4v) is 2.00. The van der Waals surface area contributed by atoms with Gasteiger partial charge in [-0.1, -0.05) is 0 Å². The lowest BCUT2D eigenvalue weighted by Crippen LogP contribution is -2.44. The van der Waals surface area contributed by atoms with Gasteiger partial charge in [-0.15, -0.1) is 0 Å². The van der Waals surface area contributed by atoms with Gasteiger partial charge in [-0.25, -0.2) is 0 Å². The number of carbonyl (C=O) groups excluding carboxylic acids is 2. The summed E-state index contributed by atoms with van der Waals surface area (Å²) in [6.45, 7) is 6.14. The van der Waals surface area contributed by atoms with Crippen LogP contribution in [0, 0.1) is 5.92 Å². The van der Waals surface area contributed by atoms with Crippen LogP contribution in [-0.4, -0.2) is 42.2 Å². The number of cyclic esters (lactones) is 1. The Labute approximate surface area is 124 Å². The largest absolute Gasteiger partial charge is 0.465 e. The zero-order valence-corrected chi connectivity index (χ0v) is 13.1. The molecule has 1 fully saturated rings. The summed E-state index contributed by atoms with van der Waals surface area (Å²) in [4.78, 5) is 22.3. The maximum atomic E-state index is 11.2. The second-order valence-electron chi connectivity index (χ2n) is 5.73. The van der Waals surface area contributed by atoms with E-state index in [1.165, 1.54) is 0 Å². The fraction of sp³-hybridized carbons (Fsp3) is 0.846. The van der Waals surface area contributed by atoms with Gasteiger partial charge in [0.1, 0.15) is 0 Å². The zero-order chi connectivity index (χ0) is 15.4. The van der Waals surface area contributed by atoms with E-state index in [1.54, 1.807) is 6.92 Å². The minimum atomic E-state index is -1.09. The number of nitrogens with two attached hydrogens (primary N) is 1. The van der Waals surface area contributed by atoms with Crippen LogP contribution in [0.25, 0.3) is 0 Å². The van der Waals surface area contributed by atoms with Gasteiger partial charge in [-0.2, -0.15) is 12.6 Å². The predicted molar refractivity (Wildman–Crippen MR) is 76.3 cm³/mol. The van der Waals surface area contributed by atoms with E-state index in [-0.39, 0.29) is 17.6 Å². The third-order valence-electron chi connectivity index (χ3n) is 3.39. The standard InChI is InChI=1S/C13H23NO5S/c1-12(2,9-6-10(15)17-7-9)18-5-4-13(3,14)19-11(16)8-20/h9,20H,4-8,14H2,1-3H3. The molecule has 1 saturated heterocycles. The van der Waals surface area contributed by atoms with Crippen molar-refractivity contribution >= 4 is 24.6 Å². The Balaban J connectivity index is 2.38. The Morgan fingerprint density at radius 2 is 2.15 bits per heavy atom. The summed E-state index contributed by atoms with van der Waals surface area (Å²) in [5.41, 5.74) is 4.29. The summed E-state index contributed by atoms with van der Waals surface area (Å²) in [6, 6.07) is 0. The molecular weight excluding hydrogens is 282 g/mol. The summed E-state index contributed by atoms with van der Waals surface area (Å²) < 4.78 is 15.8. The molecule has 1 heterocycles. The maximum absolute atomic E-state index is 11.2. The summed E-state index contributed by atoms with van der Waals surface area (Å²) in [5, 5.41) is 0. The van der Waals surface area contributed by atoms with Crippen LogP contribution in [0.2, 0.25) is 0 Å². The van der Waals surface area contributed by atoms with Crippen LogP contribution in [0.4, 0.5) is 0 Å². The summed E-state index contributed by atoms with van der Waals surface area (Å²) in [5.74, 6) is -0.648. The van der Waals surface area contributed by atoms with E-state index in [4.69, 9.17) is 19.9 Å². The molecule has 20 heavy (non-hydrogen) atoms. The van der Waals surface area contributed by atoms with Gasteiger partial charge in [-0.05, 0) is 20.8 Å². The number of hydrogen-bond acceptors (Lipinski definition) is 7. The number of rotatable bonds is 7. The average molecular weight is 305 g/mol. The van der Waals surface area contributed by atoms with Gasteiger partial charge in [0.25, 0.3) is 0 Å². The van der Waals surface area contributed by atoms with E-state index < -0.39 is 17.3 Å². The second kappa shape index (κ2) is 6.78. The highest BCUT2D eigenvalue weighted by Gasteiger charge is 2.38. The number of carbonyl (C=O) groups is 2. The van der Waals surface area contributed by atoms with Crippen molar-refractivity contribution in [2.24, 2.45) is 11.7 Å². The molecular formula is C13H23NO5S. The van der Waals surface area contributed by atoms with Crippen molar-refractivity contribution in [3.63, 3.8) is 0 Å². The monoisotopic (exact) mass is 305 g/mol. The van der Waals surface area contributed by atoms with E-state index in [0.29, 0.717) is 26.1 Å². The van der Waals surface area contributed by atoms with Crippen LogP contribution in [0.5, 0.6) is 0 Å². The Morgan fingerprint density at radius 1 is 1.50 bits per heavy atom. The Kier molecular flexibility index (Phi) is 5.85. The summed E-state index contributed by atoms with van der Waals surface area (Å²) in [6.07, 6.45) is 0.721. The molecule has 2 atom stereocenters. The van der Waals surface area contributed by atoms with Gasteiger partial charge < -0.3 is 14.2 Å². The molecule has 0 spiro atoms. The number of hydrogen-bond donors (Lipinski definition) is 2. The van der Waals surface area contributed by atoms with Crippen LogP contribution in [0.15, 0.2) is 0 Å². The lowest BCUT2D eigenvalue weighted by atomic mass is 9.90. The molecule has 116 valence electrons. The van der Waals surface area contributed by atoms with Crippen molar-refractivity contribution in [1.82, 2.24) is 0 Å². The zero-order valence-electron chi connectivity index (χ0n) is 12.2. The number of ether oxygens (including phenoxy) is 3. The first-order valence-electron chi connectivity index (χ1n) is 6.57. The van der Waals surface area contributed by atoms with E-state index in [1.807, 2.05) is 13.8 Å². The highest BCUT2D eigenvalue weighted by molar-refractivity contribution is 7.81. The first-order chi connectivity index (χ1) is 9.16. The third-order valence-corrected chi connectivity index (χ3v) is 3.65. The molecule has 0 amide bonds. The molecule has 1 rings (SSSR count). The lowest BCUT2D eigenvalue weighted by Gasteiger charge is -2.32. The molecule has 6 nitrogen and oxygen atoms in total. The molecule has 0 bridgehead atoms. The number of esters is 2. The third kappa shape index (κ3) is 5.30. The van der Waals surface area contributed by atoms with Crippen molar-refractivity contribution in [3.05, 3.63) is 0 Å². The smallest absolute Gasteiger partial charge is 0.317 e. The van der Waals surface area contributed by atoms with Crippen LogP contribution in [-0.2, 0) is 23.8 Å². The van der Waals surface area contributed by atoms with E-state index in [9.17, 15) is 9.59 Å². The van der Waals surface area contributed by atoms with Gasteiger partial charge in [0, 0.05) is 12.3 Å². The predicted octanol–water partition coefficient (Wildman–Crippen LogP) is 0.883. The molecule has 0 aromatic rings. The van der Waals surface area contributed by atoms with Crippen LogP contribution >= 0.6 is 12.6 Å². The first-order valence-corrected chi connectivity index (χ1v) is 7.21. The van der Waals surface area contributed by atoms with Gasteiger partial charge in [0.2, 0.25) is 0 Å². The minimum absolute atomic E-state index is 0.0132. The SMILES string of the molecule is CC(N)(CCOC(C)(C)C1COC(=O)C1)OC(=O)CS. The maximum Gasteiger partial charge on any atom is 0.317 e. The van der Waals surface area contributed by atoms with Crippen molar-refractivity contribution in [2.45, 2.75) is 44.9 Å². The topological polar surface area (TPSA) is 87.8 Å². The van der Waals surface area contributed by atoms with Crippen molar-refractivity contribution < 1.29 is 23.8 Å². The second-order valence-corrected chi connectivity index (χ2v) is 6.05. The fourth-order valence-electron chi connectivity index (χ4n) is 1.94. The molecule has 0 saturated carbocycles. The molecule has 0 aliphatic carbocycles. The molecule has 0 aromatic carbocycles. The molecule has 2 N–H and O–H groups in total. The molecule has 1 aliphatic heterocycles. The molecule has 2 unspecified atom stereocenters. The quantitative estimate of drug-likeness (QED) is 0.412. The Morgan fingerprint density at radius 3 is 2.65 bits per heavy atom. The molecule has 0 radical (unpaired) electrons. The van der Waals surface area contributed by atoms with Crippen LogP contribution in [0.1, 0.15) is 33.6 Å².